The summed E-state index contributed by atoms with van der Waals surface area (Å²) >= 11 is 12.9. The first-order chi connectivity index (χ1) is 15.3. The molecule has 1 aliphatic heterocycles. The second-order valence-corrected chi connectivity index (χ2v) is 9.42. The minimum Gasteiger partial charge on any atom is -0.462 e. The number of hydrogen-bond acceptors (Lipinski definition) is 4. The van der Waals surface area contributed by atoms with Crippen LogP contribution in [0.25, 0.3) is 0 Å². The van der Waals surface area contributed by atoms with Gasteiger partial charge in [0.25, 0.3) is 0 Å². The second-order valence-electron chi connectivity index (χ2n) is 8.64. The van der Waals surface area contributed by atoms with E-state index in [-0.39, 0.29) is 17.8 Å². The fourth-order valence-corrected chi connectivity index (χ4v) is 5.15. The number of halogens is 2. The Bertz CT molecular complexity index is 1120. The third kappa shape index (κ3) is 4.26. The summed E-state index contributed by atoms with van der Waals surface area (Å²) in [5.74, 6) is -1.69. The van der Waals surface area contributed by atoms with Gasteiger partial charge in [0.2, 0.25) is 0 Å². The van der Waals surface area contributed by atoms with E-state index in [9.17, 15) is 9.59 Å². The molecular formula is C26H25Cl2NO3. The molecule has 0 spiro atoms. The Hall–Kier alpha value is -2.43. The van der Waals surface area contributed by atoms with Gasteiger partial charge in [-0.1, -0.05) is 65.7 Å². The molecular weight excluding hydrogens is 445 g/mol. The number of carbonyl (C=O) groups excluding carboxylic acids is 2. The molecule has 0 N–H and O–H groups in total. The fourth-order valence-electron chi connectivity index (χ4n) is 4.73. The first kappa shape index (κ1) is 22.8. The van der Waals surface area contributed by atoms with E-state index in [0.29, 0.717) is 39.7 Å². The van der Waals surface area contributed by atoms with Gasteiger partial charge in [0.15, 0.2) is 5.78 Å². The lowest BCUT2D eigenvalue weighted by Gasteiger charge is -2.37. The molecule has 0 radical (unpaired) electrons. The number of allylic oxidation sites excluding steroid dienone is 2. The van der Waals surface area contributed by atoms with E-state index < -0.39 is 17.8 Å². The molecule has 3 atom stereocenters. The lowest BCUT2D eigenvalue weighted by Crippen LogP contribution is -2.39. The van der Waals surface area contributed by atoms with Gasteiger partial charge in [-0.05, 0) is 50.3 Å². The van der Waals surface area contributed by atoms with Gasteiger partial charge in [-0.15, -0.1) is 0 Å². The molecule has 0 amide bonds. The monoisotopic (exact) mass is 469 g/mol. The van der Waals surface area contributed by atoms with Crippen LogP contribution in [0.1, 0.15) is 56.6 Å². The Morgan fingerprint density at radius 3 is 2.47 bits per heavy atom. The largest absolute Gasteiger partial charge is 0.462 e. The van der Waals surface area contributed by atoms with Crippen molar-refractivity contribution in [3.8, 4) is 0 Å². The number of benzene rings is 2. The van der Waals surface area contributed by atoms with Crippen LogP contribution in [0.2, 0.25) is 10.0 Å². The normalized spacial score (nSPS) is 23.1. The standard InChI is InChI=1S/C26H25Cl2NO3/c1-14(2)32-26(31)22-15(3)29-20-12-17(16-8-5-4-6-9-16)13-21(30)24(20)23(22)18-10-7-11-19(27)25(18)28/h4-11,14,17,22-23H,12-13H2,1-3H3/t17-,22?,23+/m0/s1. The van der Waals surface area contributed by atoms with E-state index in [4.69, 9.17) is 32.9 Å². The van der Waals surface area contributed by atoms with Gasteiger partial charge in [-0.3, -0.25) is 14.6 Å². The predicted molar refractivity (Wildman–Crippen MR) is 127 cm³/mol. The van der Waals surface area contributed by atoms with Gasteiger partial charge in [-0.2, -0.15) is 0 Å². The summed E-state index contributed by atoms with van der Waals surface area (Å²) in [7, 11) is 0. The van der Waals surface area contributed by atoms with Crippen molar-refractivity contribution in [2.24, 2.45) is 10.9 Å². The Kier molecular flexibility index (Phi) is 6.55. The molecule has 2 aliphatic rings. The highest BCUT2D eigenvalue weighted by Crippen LogP contribution is 2.49. The smallest absolute Gasteiger partial charge is 0.315 e. The van der Waals surface area contributed by atoms with E-state index in [0.717, 1.165) is 11.3 Å². The van der Waals surface area contributed by atoms with Crippen molar-refractivity contribution in [3.05, 3.63) is 81.0 Å². The van der Waals surface area contributed by atoms with Gasteiger partial charge >= 0.3 is 5.97 Å². The summed E-state index contributed by atoms with van der Waals surface area (Å²) < 4.78 is 5.56. The summed E-state index contributed by atoms with van der Waals surface area (Å²) in [5, 5.41) is 0.730. The first-order valence-corrected chi connectivity index (χ1v) is 11.5. The van der Waals surface area contributed by atoms with E-state index >= 15 is 0 Å². The highest BCUT2D eigenvalue weighted by molar-refractivity contribution is 6.42. The van der Waals surface area contributed by atoms with Gasteiger partial charge in [-0.25, -0.2) is 0 Å². The molecule has 1 aliphatic carbocycles. The van der Waals surface area contributed by atoms with Gasteiger partial charge in [0.1, 0.15) is 5.92 Å². The average molecular weight is 470 g/mol. The van der Waals surface area contributed by atoms with Crippen LogP contribution in [0.5, 0.6) is 0 Å². The minimum atomic E-state index is -0.732. The van der Waals surface area contributed by atoms with Gasteiger partial charge in [0.05, 0.1) is 16.1 Å². The Morgan fingerprint density at radius 2 is 1.78 bits per heavy atom. The first-order valence-electron chi connectivity index (χ1n) is 10.8. The number of ketones is 1. The zero-order valence-corrected chi connectivity index (χ0v) is 19.8. The molecule has 1 unspecified atom stereocenters. The van der Waals surface area contributed by atoms with Crippen molar-refractivity contribution < 1.29 is 14.3 Å². The lowest BCUT2D eigenvalue weighted by molar-refractivity contribution is -0.150. The molecule has 0 saturated heterocycles. The quantitative estimate of drug-likeness (QED) is 0.478. The maximum absolute atomic E-state index is 13.5. The topological polar surface area (TPSA) is 55.7 Å². The van der Waals surface area contributed by atoms with Crippen LogP contribution < -0.4 is 0 Å². The number of ether oxygens (including phenoxy) is 1. The summed E-state index contributed by atoms with van der Waals surface area (Å²) in [6.07, 6.45) is 0.701. The number of esters is 1. The molecule has 0 saturated carbocycles. The van der Waals surface area contributed by atoms with Crippen molar-refractivity contribution >= 4 is 40.7 Å². The molecule has 166 valence electrons. The van der Waals surface area contributed by atoms with Crippen LogP contribution in [0.4, 0.5) is 0 Å². The van der Waals surface area contributed by atoms with Gasteiger partial charge in [0, 0.05) is 29.3 Å². The summed E-state index contributed by atoms with van der Waals surface area (Å²) in [5.41, 5.74) is 3.66. The summed E-state index contributed by atoms with van der Waals surface area (Å²) in [4.78, 5) is 31.5. The van der Waals surface area contributed by atoms with E-state index in [1.165, 1.54) is 0 Å². The van der Waals surface area contributed by atoms with Crippen molar-refractivity contribution in [1.82, 2.24) is 0 Å². The average Bonchev–Trinajstić information content (AvgIpc) is 2.74. The third-order valence-corrected chi connectivity index (χ3v) is 6.92. The third-order valence-electron chi connectivity index (χ3n) is 6.08. The number of Topliss-reactive ketones (excluding diaryl/α,β-unsaturated/α-hetero) is 1. The second kappa shape index (κ2) is 9.21. The van der Waals surface area contributed by atoms with Crippen LogP contribution in [0, 0.1) is 5.92 Å². The zero-order chi connectivity index (χ0) is 23.0. The molecule has 4 rings (SSSR count). The SMILES string of the molecule is CC1=NC2=C(C(=O)C[C@@H](c3ccccc3)C2)[C@H](c2cccc(Cl)c2Cl)C1C(=O)OC(C)C. The maximum atomic E-state index is 13.5. The van der Waals surface area contributed by atoms with Crippen LogP contribution >= 0.6 is 23.2 Å². The van der Waals surface area contributed by atoms with E-state index in [1.807, 2.05) is 43.3 Å². The van der Waals surface area contributed by atoms with Crippen molar-refractivity contribution in [1.29, 1.82) is 0 Å². The minimum absolute atomic E-state index is 0.0141. The molecule has 0 aromatic heterocycles. The number of aliphatic imine (C=N–C) groups is 1. The van der Waals surface area contributed by atoms with Crippen LogP contribution in [0.15, 0.2) is 64.8 Å². The number of nitrogens with zero attached hydrogens (tertiary/aromatic N) is 1. The van der Waals surface area contributed by atoms with Gasteiger partial charge < -0.3 is 4.74 Å². The Balaban J connectivity index is 1.84. The Morgan fingerprint density at radius 1 is 1.06 bits per heavy atom. The molecule has 4 nitrogen and oxygen atoms in total. The Labute approximate surface area is 198 Å². The molecule has 0 fully saturated rings. The number of carbonyl (C=O) groups is 2. The molecule has 2 aromatic rings. The van der Waals surface area contributed by atoms with Crippen molar-refractivity contribution in [3.63, 3.8) is 0 Å². The molecule has 2 aromatic carbocycles. The van der Waals surface area contributed by atoms with E-state index in [2.05, 4.69) is 0 Å². The molecule has 1 heterocycles. The number of rotatable bonds is 4. The van der Waals surface area contributed by atoms with Crippen molar-refractivity contribution in [2.45, 2.75) is 51.6 Å². The molecule has 0 bridgehead atoms. The van der Waals surface area contributed by atoms with E-state index in [1.54, 1.807) is 26.0 Å². The van der Waals surface area contributed by atoms with Crippen LogP contribution in [-0.2, 0) is 14.3 Å². The highest BCUT2D eigenvalue weighted by atomic mass is 35.5. The van der Waals surface area contributed by atoms with Crippen LogP contribution in [0.3, 0.4) is 0 Å². The lowest BCUT2D eigenvalue weighted by atomic mass is 9.69. The summed E-state index contributed by atoms with van der Waals surface area (Å²) in [6, 6.07) is 15.3. The van der Waals surface area contributed by atoms with Crippen LogP contribution in [-0.4, -0.2) is 23.6 Å². The number of hydrogen-bond donors (Lipinski definition) is 0. The summed E-state index contributed by atoms with van der Waals surface area (Å²) in [6.45, 7) is 5.42. The maximum Gasteiger partial charge on any atom is 0.315 e. The molecule has 6 heteroatoms. The van der Waals surface area contributed by atoms with Crippen molar-refractivity contribution in [2.75, 3.05) is 0 Å². The zero-order valence-electron chi connectivity index (χ0n) is 18.3. The fraction of sp³-hybridized carbons (Fsp3) is 0.346. The molecule has 32 heavy (non-hydrogen) atoms. The predicted octanol–water partition coefficient (Wildman–Crippen LogP) is 6.52. The highest BCUT2D eigenvalue weighted by Gasteiger charge is 2.45.